The molecule has 156 valence electrons. The van der Waals surface area contributed by atoms with Gasteiger partial charge in [-0.3, -0.25) is 9.59 Å². The Morgan fingerprint density at radius 3 is 2.53 bits per heavy atom. The number of aliphatic hydroxyl groups is 1. The van der Waals surface area contributed by atoms with Crippen LogP contribution in [0.25, 0.3) is 5.76 Å². The lowest BCUT2D eigenvalue weighted by Gasteiger charge is -2.25. The molecule has 2 aromatic rings. The highest BCUT2D eigenvalue weighted by molar-refractivity contribution is 6.46. The SMILES string of the molecule is C=CCOc1cccc(C2/C(=C(/O)c3ccc(OC)cc3)C(=O)C(=O)N2CCC)c1. The summed E-state index contributed by atoms with van der Waals surface area (Å²) in [7, 11) is 1.55. The van der Waals surface area contributed by atoms with Crippen LogP contribution in [0.3, 0.4) is 0 Å². The summed E-state index contributed by atoms with van der Waals surface area (Å²) in [5.74, 6) is -0.300. The van der Waals surface area contributed by atoms with Gasteiger partial charge in [-0.25, -0.2) is 0 Å². The molecular formula is C24H25NO5. The highest BCUT2D eigenvalue weighted by Crippen LogP contribution is 2.40. The van der Waals surface area contributed by atoms with E-state index in [-0.39, 0.29) is 11.3 Å². The molecule has 1 atom stereocenters. The fourth-order valence-corrected chi connectivity index (χ4v) is 3.53. The summed E-state index contributed by atoms with van der Waals surface area (Å²) >= 11 is 0. The minimum Gasteiger partial charge on any atom is -0.507 e. The Morgan fingerprint density at radius 1 is 1.17 bits per heavy atom. The van der Waals surface area contributed by atoms with Crippen LogP contribution in [0.4, 0.5) is 0 Å². The Kier molecular flexibility index (Phi) is 6.57. The van der Waals surface area contributed by atoms with Gasteiger partial charge in [-0.2, -0.15) is 0 Å². The summed E-state index contributed by atoms with van der Waals surface area (Å²) in [5, 5.41) is 11.0. The molecule has 1 amide bonds. The number of methoxy groups -OCH3 is 1. The third-order valence-electron chi connectivity index (χ3n) is 4.91. The summed E-state index contributed by atoms with van der Waals surface area (Å²) in [6, 6.07) is 13.2. The standard InChI is InChI=1S/C24H25NO5/c1-4-13-25-21(17-7-6-8-19(15-17)30-14-5-2)20(23(27)24(25)28)22(26)16-9-11-18(29-3)12-10-16/h5-12,15,21,26H,2,4,13-14H2,1,3H3/b22-20-. The maximum Gasteiger partial charge on any atom is 0.295 e. The van der Waals surface area contributed by atoms with E-state index in [1.165, 1.54) is 4.90 Å². The van der Waals surface area contributed by atoms with Crippen molar-refractivity contribution in [3.05, 3.63) is 77.9 Å². The third-order valence-corrected chi connectivity index (χ3v) is 4.91. The number of carbonyl (C=O) groups is 2. The predicted octanol–water partition coefficient (Wildman–Crippen LogP) is 4.09. The molecule has 1 aliphatic rings. The zero-order chi connectivity index (χ0) is 21.7. The fourth-order valence-electron chi connectivity index (χ4n) is 3.53. The first-order valence-corrected chi connectivity index (χ1v) is 9.78. The molecule has 2 aromatic carbocycles. The number of aliphatic hydroxyl groups excluding tert-OH is 1. The van der Waals surface area contributed by atoms with Gasteiger partial charge in [0.15, 0.2) is 0 Å². The van der Waals surface area contributed by atoms with E-state index in [9.17, 15) is 14.7 Å². The first kappa shape index (κ1) is 21.2. The monoisotopic (exact) mass is 407 g/mol. The molecule has 1 saturated heterocycles. The molecule has 1 N–H and O–H groups in total. The zero-order valence-electron chi connectivity index (χ0n) is 17.1. The molecule has 0 saturated carbocycles. The molecule has 0 bridgehead atoms. The van der Waals surface area contributed by atoms with Crippen LogP contribution in [0, 0.1) is 0 Å². The molecule has 6 nitrogen and oxygen atoms in total. The van der Waals surface area contributed by atoms with Crippen LogP contribution in [0.15, 0.2) is 66.8 Å². The molecule has 1 heterocycles. The van der Waals surface area contributed by atoms with Crippen molar-refractivity contribution in [1.29, 1.82) is 0 Å². The van der Waals surface area contributed by atoms with E-state index in [4.69, 9.17) is 9.47 Å². The van der Waals surface area contributed by atoms with Gasteiger partial charge in [0, 0.05) is 12.1 Å². The van der Waals surface area contributed by atoms with Crippen molar-refractivity contribution in [3.8, 4) is 11.5 Å². The number of nitrogens with zero attached hydrogens (tertiary/aromatic N) is 1. The Morgan fingerprint density at radius 2 is 1.90 bits per heavy atom. The van der Waals surface area contributed by atoms with E-state index in [0.717, 1.165) is 0 Å². The van der Waals surface area contributed by atoms with Gasteiger partial charge in [0.05, 0.1) is 18.7 Å². The summed E-state index contributed by atoms with van der Waals surface area (Å²) in [5.41, 5.74) is 1.20. The molecule has 1 unspecified atom stereocenters. The third kappa shape index (κ3) is 4.08. The van der Waals surface area contributed by atoms with Gasteiger partial charge in [0.1, 0.15) is 23.9 Å². The van der Waals surface area contributed by atoms with Crippen LogP contribution in [-0.2, 0) is 9.59 Å². The van der Waals surface area contributed by atoms with Gasteiger partial charge < -0.3 is 19.5 Å². The highest BCUT2D eigenvalue weighted by Gasteiger charge is 2.45. The molecule has 0 aliphatic carbocycles. The second-order valence-corrected chi connectivity index (χ2v) is 6.89. The molecule has 0 aromatic heterocycles. The van der Waals surface area contributed by atoms with E-state index in [1.807, 2.05) is 13.0 Å². The van der Waals surface area contributed by atoms with E-state index in [2.05, 4.69) is 6.58 Å². The average molecular weight is 407 g/mol. The Hall–Kier alpha value is -3.54. The second kappa shape index (κ2) is 9.31. The van der Waals surface area contributed by atoms with Gasteiger partial charge in [-0.05, 0) is 48.4 Å². The van der Waals surface area contributed by atoms with E-state index < -0.39 is 17.7 Å². The lowest BCUT2D eigenvalue weighted by atomic mass is 9.95. The van der Waals surface area contributed by atoms with Crippen LogP contribution >= 0.6 is 0 Å². The lowest BCUT2D eigenvalue weighted by molar-refractivity contribution is -0.139. The number of benzene rings is 2. The largest absolute Gasteiger partial charge is 0.507 e. The number of amides is 1. The molecule has 0 spiro atoms. The van der Waals surface area contributed by atoms with Crippen molar-refractivity contribution in [2.75, 3.05) is 20.3 Å². The molecule has 1 fully saturated rings. The fraction of sp³-hybridized carbons (Fsp3) is 0.250. The molecule has 1 aliphatic heterocycles. The van der Waals surface area contributed by atoms with Crippen LogP contribution in [0.2, 0.25) is 0 Å². The van der Waals surface area contributed by atoms with Crippen LogP contribution < -0.4 is 9.47 Å². The van der Waals surface area contributed by atoms with E-state index in [1.54, 1.807) is 55.7 Å². The molecule has 0 radical (unpaired) electrons. The minimum absolute atomic E-state index is 0.0690. The van der Waals surface area contributed by atoms with Gasteiger partial charge in [0.25, 0.3) is 11.7 Å². The molecular weight excluding hydrogens is 382 g/mol. The molecule has 6 heteroatoms. The van der Waals surface area contributed by atoms with Crippen molar-refractivity contribution >= 4 is 17.4 Å². The second-order valence-electron chi connectivity index (χ2n) is 6.89. The number of hydrogen-bond acceptors (Lipinski definition) is 5. The maximum absolute atomic E-state index is 12.9. The molecule has 30 heavy (non-hydrogen) atoms. The van der Waals surface area contributed by atoms with Crippen molar-refractivity contribution in [2.45, 2.75) is 19.4 Å². The highest BCUT2D eigenvalue weighted by atomic mass is 16.5. The van der Waals surface area contributed by atoms with Crippen molar-refractivity contribution in [1.82, 2.24) is 4.90 Å². The molecule has 3 rings (SSSR count). The predicted molar refractivity (Wildman–Crippen MR) is 114 cm³/mol. The van der Waals surface area contributed by atoms with Gasteiger partial charge in [-0.1, -0.05) is 31.7 Å². The minimum atomic E-state index is -0.695. The van der Waals surface area contributed by atoms with Gasteiger partial charge in [0.2, 0.25) is 0 Å². The van der Waals surface area contributed by atoms with Crippen molar-refractivity contribution in [2.24, 2.45) is 0 Å². The smallest absolute Gasteiger partial charge is 0.295 e. The zero-order valence-corrected chi connectivity index (χ0v) is 17.1. The summed E-state index contributed by atoms with van der Waals surface area (Å²) < 4.78 is 10.8. The number of rotatable bonds is 8. The summed E-state index contributed by atoms with van der Waals surface area (Å²) in [6.07, 6.45) is 2.32. The Labute approximate surface area is 176 Å². The number of Topliss-reactive ketones (excluding diaryl/α,β-unsaturated/α-hetero) is 1. The van der Waals surface area contributed by atoms with Gasteiger partial charge >= 0.3 is 0 Å². The van der Waals surface area contributed by atoms with Gasteiger partial charge in [-0.15, -0.1) is 0 Å². The number of likely N-dealkylation sites (tertiary alicyclic amines) is 1. The van der Waals surface area contributed by atoms with E-state index >= 15 is 0 Å². The lowest BCUT2D eigenvalue weighted by Crippen LogP contribution is -2.30. The quantitative estimate of drug-likeness (QED) is 0.309. The van der Waals surface area contributed by atoms with Crippen molar-refractivity contribution < 1.29 is 24.2 Å². The number of ether oxygens (including phenoxy) is 2. The number of carbonyl (C=O) groups excluding carboxylic acids is 2. The number of ketones is 1. The Bertz CT molecular complexity index is 977. The van der Waals surface area contributed by atoms with E-state index in [0.29, 0.717) is 42.2 Å². The Balaban J connectivity index is 2.12. The first-order chi connectivity index (χ1) is 14.5. The maximum atomic E-state index is 12.9. The summed E-state index contributed by atoms with van der Waals surface area (Å²) in [4.78, 5) is 27.1. The normalized spacial score (nSPS) is 17.8. The summed E-state index contributed by atoms with van der Waals surface area (Å²) in [6.45, 7) is 6.31. The van der Waals surface area contributed by atoms with Crippen molar-refractivity contribution in [3.63, 3.8) is 0 Å². The number of hydrogen-bond donors (Lipinski definition) is 1. The van der Waals surface area contributed by atoms with Crippen LogP contribution in [-0.4, -0.2) is 42.0 Å². The average Bonchev–Trinajstić information content (AvgIpc) is 3.02. The topological polar surface area (TPSA) is 76.1 Å². The first-order valence-electron chi connectivity index (χ1n) is 9.78. The van der Waals surface area contributed by atoms with Crippen LogP contribution in [0.1, 0.15) is 30.5 Å². The van der Waals surface area contributed by atoms with Crippen LogP contribution in [0.5, 0.6) is 11.5 Å².